The van der Waals surface area contributed by atoms with Crippen molar-refractivity contribution in [2.75, 3.05) is 6.79 Å². The van der Waals surface area contributed by atoms with Gasteiger partial charge in [-0.2, -0.15) is 0 Å². The molecule has 1 aliphatic rings. The number of fused-ring (bicyclic) bond motifs is 1. The molecule has 17 heavy (non-hydrogen) atoms. The number of halogens is 1. The number of benzene rings is 1. The number of carboxylic acids is 1. The molecule has 0 spiro atoms. The highest BCUT2D eigenvalue weighted by Gasteiger charge is 2.24. The molecule has 5 nitrogen and oxygen atoms in total. The van der Waals surface area contributed by atoms with Gasteiger partial charge in [-0.1, -0.05) is 15.9 Å². The summed E-state index contributed by atoms with van der Waals surface area (Å²) in [5.74, 6) is 0.189. The first kappa shape index (κ1) is 12.2. The standard InChI is InChI=1S/C11H12BrNO4/c1-5-6(2-8(13)11(14)15)10-9(3-7(5)12)16-4-17-10/h3,8H,2,4,13H2,1H3,(H,14,15). The van der Waals surface area contributed by atoms with Gasteiger partial charge in [0, 0.05) is 16.5 Å². The van der Waals surface area contributed by atoms with Crippen LogP contribution in [0.1, 0.15) is 11.1 Å². The molecule has 0 amide bonds. The lowest BCUT2D eigenvalue weighted by Gasteiger charge is -2.13. The molecule has 0 fully saturated rings. The summed E-state index contributed by atoms with van der Waals surface area (Å²) in [6.45, 7) is 2.04. The van der Waals surface area contributed by atoms with Crippen LogP contribution in [0.2, 0.25) is 0 Å². The van der Waals surface area contributed by atoms with Gasteiger partial charge in [0.2, 0.25) is 6.79 Å². The van der Waals surface area contributed by atoms with Crippen molar-refractivity contribution in [2.24, 2.45) is 5.73 Å². The smallest absolute Gasteiger partial charge is 0.320 e. The van der Waals surface area contributed by atoms with Gasteiger partial charge in [0.1, 0.15) is 6.04 Å². The van der Waals surface area contributed by atoms with Crippen molar-refractivity contribution in [1.82, 2.24) is 0 Å². The second-order valence-corrected chi connectivity index (χ2v) is 4.70. The molecular weight excluding hydrogens is 290 g/mol. The third-order valence-corrected chi connectivity index (χ3v) is 3.55. The molecule has 1 aromatic rings. The fourth-order valence-electron chi connectivity index (χ4n) is 1.72. The second-order valence-electron chi connectivity index (χ2n) is 3.84. The molecule has 6 heteroatoms. The third-order valence-electron chi connectivity index (χ3n) is 2.73. The molecule has 0 saturated heterocycles. The first-order valence-corrected chi connectivity index (χ1v) is 5.86. The maximum absolute atomic E-state index is 10.8. The monoisotopic (exact) mass is 301 g/mol. The highest BCUT2D eigenvalue weighted by atomic mass is 79.9. The van der Waals surface area contributed by atoms with E-state index in [1.807, 2.05) is 13.0 Å². The SMILES string of the molecule is Cc1c(Br)cc2c(c1CC(N)C(=O)O)OCO2. The van der Waals surface area contributed by atoms with Gasteiger partial charge in [-0.3, -0.25) is 4.79 Å². The van der Waals surface area contributed by atoms with E-state index in [0.717, 1.165) is 15.6 Å². The summed E-state index contributed by atoms with van der Waals surface area (Å²) in [5.41, 5.74) is 7.25. The summed E-state index contributed by atoms with van der Waals surface area (Å²) in [6.07, 6.45) is 0.215. The zero-order valence-electron chi connectivity index (χ0n) is 9.20. The van der Waals surface area contributed by atoms with Crippen molar-refractivity contribution < 1.29 is 19.4 Å². The van der Waals surface area contributed by atoms with Crippen LogP contribution < -0.4 is 15.2 Å². The van der Waals surface area contributed by atoms with E-state index in [2.05, 4.69) is 15.9 Å². The first-order valence-electron chi connectivity index (χ1n) is 5.06. The third kappa shape index (κ3) is 2.23. The highest BCUT2D eigenvalue weighted by molar-refractivity contribution is 9.10. The van der Waals surface area contributed by atoms with E-state index >= 15 is 0 Å². The van der Waals surface area contributed by atoms with E-state index < -0.39 is 12.0 Å². The maximum Gasteiger partial charge on any atom is 0.320 e. The fourth-order valence-corrected chi connectivity index (χ4v) is 2.17. The molecule has 0 radical (unpaired) electrons. The Balaban J connectivity index is 2.42. The Morgan fingerprint density at radius 1 is 1.65 bits per heavy atom. The number of ether oxygens (including phenoxy) is 2. The molecule has 0 aliphatic carbocycles. The van der Waals surface area contributed by atoms with Gasteiger partial charge < -0.3 is 20.3 Å². The molecular formula is C11H12BrNO4. The van der Waals surface area contributed by atoms with Crippen LogP contribution in [0, 0.1) is 6.92 Å². The molecule has 0 saturated carbocycles. The lowest BCUT2D eigenvalue weighted by atomic mass is 10.00. The Labute approximate surface area is 107 Å². The topological polar surface area (TPSA) is 81.8 Å². The minimum atomic E-state index is -1.03. The van der Waals surface area contributed by atoms with Crippen LogP contribution in [0.5, 0.6) is 11.5 Å². The van der Waals surface area contributed by atoms with Crippen LogP contribution in [-0.2, 0) is 11.2 Å². The minimum Gasteiger partial charge on any atom is -0.480 e. The van der Waals surface area contributed by atoms with E-state index in [9.17, 15) is 4.79 Å². The Kier molecular flexibility index (Phi) is 3.26. The normalized spacial score (nSPS) is 14.8. The zero-order valence-corrected chi connectivity index (χ0v) is 10.8. The largest absolute Gasteiger partial charge is 0.480 e. The summed E-state index contributed by atoms with van der Waals surface area (Å²) in [5, 5.41) is 8.84. The zero-order chi connectivity index (χ0) is 12.6. The predicted octanol–water partition coefficient (Wildman–Crippen LogP) is 1.44. The molecule has 2 rings (SSSR count). The molecule has 0 bridgehead atoms. The molecule has 1 aliphatic heterocycles. The van der Waals surface area contributed by atoms with Gasteiger partial charge in [-0.25, -0.2) is 0 Å². The molecule has 1 aromatic carbocycles. The predicted molar refractivity (Wildman–Crippen MR) is 64.3 cm³/mol. The molecule has 1 heterocycles. The number of aliphatic carboxylic acids is 1. The van der Waals surface area contributed by atoms with Crippen LogP contribution in [0.25, 0.3) is 0 Å². The minimum absolute atomic E-state index is 0.153. The average Bonchev–Trinajstić information content (AvgIpc) is 2.71. The van der Waals surface area contributed by atoms with E-state index in [1.54, 1.807) is 0 Å². The summed E-state index contributed by atoms with van der Waals surface area (Å²) in [4.78, 5) is 10.8. The van der Waals surface area contributed by atoms with E-state index in [-0.39, 0.29) is 13.2 Å². The number of carbonyl (C=O) groups is 1. The van der Waals surface area contributed by atoms with Crippen LogP contribution >= 0.6 is 15.9 Å². The molecule has 3 N–H and O–H groups in total. The Morgan fingerprint density at radius 2 is 2.35 bits per heavy atom. The second kappa shape index (κ2) is 4.54. The number of nitrogens with two attached hydrogens (primary N) is 1. The van der Waals surface area contributed by atoms with Crippen molar-refractivity contribution in [1.29, 1.82) is 0 Å². The maximum atomic E-state index is 10.8. The number of hydrogen-bond acceptors (Lipinski definition) is 4. The summed E-state index contributed by atoms with van der Waals surface area (Å²) < 4.78 is 11.5. The highest BCUT2D eigenvalue weighted by Crippen LogP contribution is 2.41. The van der Waals surface area contributed by atoms with E-state index in [4.69, 9.17) is 20.3 Å². The van der Waals surface area contributed by atoms with E-state index in [0.29, 0.717) is 11.5 Å². The van der Waals surface area contributed by atoms with Gasteiger partial charge in [0.05, 0.1) is 0 Å². The van der Waals surface area contributed by atoms with Crippen LogP contribution in [-0.4, -0.2) is 23.9 Å². The Bertz CT molecular complexity index is 475. The number of hydrogen-bond donors (Lipinski definition) is 2. The van der Waals surface area contributed by atoms with Gasteiger partial charge >= 0.3 is 5.97 Å². The summed E-state index contributed by atoms with van der Waals surface area (Å²) in [7, 11) is 0. The van der Waals surface area contributed by atoms with Crippen molar-refractivity contribution in [3.8, 4) is 11.5 Å². The van der Waals surface area contributed by atoms with Gasteiger partial charge in [-0.15, -0.1) is 0 Å². The van der Waals surface area contributed by atoms with E-state index in [1.165, 1.54) is 0 Å². The van der Waals surface area contributed by atoms with Gasteiger partial charge in [-0.05, 0) is 18.6 Å². The van der Waals surface area contributed by atoms with Gasteiger partial charge in [0.15, 0.2) is 11.5 Å². The van der Waals surface area contributed by atoms with Gasteiger partial charge in [0.25, 0.3) is 0 Å². The molecule has 1 unspecified atom stereocenters. The molecule has 0 aromatic heterocycles. The number of carboxylic acid groups (broad SMARTS) is 1. The molecule has 1 atom stereocenters. The molecule has 92 valence electrons. The first-order chi connectivity index (χ1) is 8.00. The van der Waals surface area contributed by atoms with Crippen LogP contribution in [0.15, 0.2) is 10.5 Å². The van der Waals surface area contributed by atoms with Crippen LogP contribution in [0.3, 0.4) is 0 Å². The average molecular weight is 302 g/mol. The lowest BCUT2D eigenvalue weighted by Crippen LogP contribution is -2.32. The van der Waals surface area contributed by atoms with Crippen molar-refractivity contribution in [3.05, 3.63) is 21.7 Å². The Morgan fingerprint density at radius 3 is 3.00 bits per heavy atom. The summed E-state index contributed by atoms with van der Waals surface area (Å²) in [6, 6.07) is 0.865. The lowest BCUT2D eigenvalue weighted by molar-refractivity contribution is -0.138. The number of rotatable bonds is 3. The van der Waals surface area contributed by atoms with Crippen molar-refractivity contribution >= 4 is 21.9 Å². The van der Waals surface area contributed by atoms with Crippen LogP contribution in [0.4, 0.5) is 0 Å². The Hall–Kier alpha value is -1.27. The summed E-state index contributed by atoms with van der Waals surface area (Å²) >= 11 is 3.40. The fraction of sp³-hybridized carbons (Fsp3) is 0.364. The van der Waals surface area contributed by atoms with Crippen molar-refractivity contribution in [3.63, 3.8) is 0 Å². The van der Waals surface area contributed by atoms with Crippen molar-refractivity contribution in [2.45, 2.75) is 19.4 Å². The quantitative estimate of drug-likeness (QED) is 0.883.